The van der Waals surface area contributed by atoms with Crippen LogP contribution in [0.25, 0.3) is 22.6 Å². The van der Waals surface area contributed by atoms with Gasteiger partial charge in [-0.2, -0.15) is 13.2 Å². The maximum Gasteiger partial charge on any atom is 0.406 e. The molecule has 0 aliphatic heterocycles. The molecule has 2 aromatic carbocycles. The third-order valence-corrected chi connectivity index (χ3v) is 6.07. The molecule has 10 nitrogen and oxygen atoms in total. The molecule has 0 aliphatic carbocycles. The van der Waals surface area contributed by atoms with Crippen molar-refractivity contribution < 1.29 is 22.6 Å². The molecule has 0 saturated heterocycles. The molecule has 2 heterocycles. The number of aromatic nitrogens is 4. The molecule has 2 aromatic heterocycles. The summed E-state index contributed by atoms with van der Waals surface area (Å²) in [4.78, 5) is 17.2. The van der Waals surface area contributed by atoms with E-state index in [4.69, 9.17) is 15.2 Å². The van der Waals surface area contributed by atoms with Gasteiger partial charge in [0.15, 0.2) is 5.82 Å². The fraction of sp³-hybridized carbons (Fsp3) is 0.346. The molecule has 3 N–H and O–H groups in total. The minimum Gasteiger partial charge on any atom is -0.497 e. The highest BCUT2D eigenvalue weighted by Gasteiger charge is 2.31. The Balaban J connectivity index is 1.69. The van der Waals surface area contributed by atoms with Crippen molar-refractivity contribution in [2.24, 2.45) is 0 Å². The fourth-order valence-corrected chi connectivity index (χ4v) is 4.09. The topological polar surface area (TPSA) is 107 Å². The number of nitrogen functional groups attached to an aromatic ring is 1. The van der Waals surface area contributed by atoms with E-state index in [1.165, 1.54) is 26.5 Å². The number of hydrogen-bond donors (Lipinski definition) is 2. The van der Waals surface area contributed by atoms with Crippen molar-refractivity contribution in [1.29, 1.82) is 0 Å². The van der Waals surface area contributed by atoms with E-state index < -0.39 is 12.7 Å². The van der Waals surface area contributed by atoms with E-state index in [2.05, 4.69) is 25.2 Å². The van der Waals surface area contributed by atoms with Crippen LogP contribution in [-0.2, 0) is 6.54 Å². The second kappa shape index (κ2) is 11.2. The molecule has 0 spiro atoms. The van der Waals surface area contributed by atoms with Crippen LogP contribution in [0, 0.1) is 0 Å². The number of benzene rings is 2. The Labute approximate surface area is 224 Å². The maximum absolute atomic E-state index is 13.5. The van der Waals surface area contributed by atoms with Gasteiger partial charge >= 0.3 is 6.18 Å². The molecule has 13 heteroatoms. The van der Waals surface area contributed by atoms with Gasteiger partial charge in [0.05, 0.1) is 42.3 Å². The van der Waals surface area contributed by atoms with E-state index >= 15 is 0 Å². The van der Waals surface area contributed by atoms with Crippen molar-refractivity contribution in [1.82, 2.24) is 24.4 Å². The van der Waals surface area contributed by atoms with Crippen LogP contribution in [0.5, 0.6) is 11.5 Å². The zero-order valence-electron chi connectivity index (χ0n) is 22.4. The number of nitrogens with two attached hydrogens (primary N) is 1. The van der Waals surface area contributed by atoms with Crippen LogP contribution in [0.15, 0.2) is 42.6 Å². The average molecular weight is 545 g/mol. The second-order valence-corrected chi connectivity index (χ2v) is 9.22. The van der Waals surface area contributed by atoms with E-state index in [1.54, 1.807) is 24.3 Å². The highest BCUT2D eigenvalue weighted by atomic mass is 19.4. The van der Waals surface area contributed by atoms with Gasteiger partial charge in [-0.3, -0.25) is 0 Å². The largest absolute Gasteiger partial charge is 0.497 e. The first-order valence-electron chi connectivity index (χ1n) is 12.0. The molecule has 0 radical (unpaired) electrons. The predicted molar refractivity (Wildman–Crippen MR) is 146 cm³/mol. The summed E-state index contributed by atoms with van der Waals surface area (Å²) in [6.07, 6.45) is -3.02. The second-order valence-electron chi connectivity index (χ2n) is 9.22. The standard InChI is InChI=1S/C26H31F3N8O2/c1-35(2)10-11-36(3)22-14-23(39-5)20(13-17(22)30)34-25-31-9-8-18(33-25)24-32-19-12-16(38-4)6-7-21(19)37(24)15-26(27,28)29/h6-9,12-14H,10-11,15,30H2,1-5H3,(H,31,33,34). The van der Waals surface area contributed by atoms with Crippen LogP contribution in [0.2, 0.25) is 0 Å². The molecular weight excluding hydrogens is 513 g/mol. The molecule has 0 fully saturated rings. The number of imidazole rings is 1. The summed E-state index contributed by atoms with van der Waals surface area (Å²) in [7, 11) is 8.94. The minimum atomic E-state index is -4.47. The van der Waals surface area contributed by atoms with Crippen molar-refractivity contribution in [3.8, 4) is 23.0 Å². The van der Waals surface area contributed by atoms with Gasteiger partial charge in [-0.25, -0.2) is 15.0 Å². The Morgan fingerprint density at radius 3 is 2.44 bits per heavy atom. The first-order valence-corrected chi connectivity index (χ1v) is 12.0. The lowest BCUT2D eigenvalue weighted by Crippen LogP contribution is -2.29. The van der Waals surface area contributed by atoms with Gasteiger partial charge in [-0.1, -0.05) is 0 Å². The SMILES string of the molecule is COc1ccc2c(c1)nc(-c1ccnc(Nc3cc(N)c(N(C)CCN(C)C)cc3OC)n1)n2CC(F)(F)F. The number of likely N-dealkylation sites (N-methyl/N-ethyl adjacent to an activating group) is 2. The maximum atomic E-state index is 13.5. The van der Waals surface area contributed by atoms with Crippen molar-refractivity contribution in [2.75, 3.05) is 64.4 Å². The summed E-state index contributed by atoms with van der Waals surface area (Å²) in [6, 6.07) is 9.74. The van der Waals surface area contributed by atoms with E-state index in [9.17, 15) is 13.2 Å². The summed E-state index contributed by atoms with van der Waals surface area (Å²) in [6.45, 7) is 0.360. The average Bonchev–Trinajstić information content (AvgIpc) is 3.23. The van der Waals surface area contributed by atoms with E-state index in [0.29, 0.717) is 33.9 Å². The number of anilines is 4. The molecular formula is C26H31F3N8O2. The molecule has 0 aliphatic rings. The lowest BCUT2D eigenvalue weighted by atomic mass is 10.2. The summed E-state index contributed by atoms with van der Waals surface area (Å²) in [5.74, 6) is 1.17. The number of nitrogens with one attached hydrogen (secondary N) is 1. The van der Waals surface area contributed by atoms with Crippen LogP contribution in [0.4, 0.5) is 36.2 Å². The Kier molecular flexibility index (Phi) is 8.00. The first kappa shape index (κ1) is 27.8. The quantitative estimate of drug-likeness (QED) is 0.281. The van der Waals surface area contributed by atoms with Crippen LogP contribution >= 0.6 is 0 Å². The van der Waals surface area contributed by atoms with Gasteiger partial charge in [0, 0.05) is 38.5 Å². The van der Waals surface area contributed by atoms with Crippen molar-refractivity contribution in [2.45, 2.75) is 12.7 Å². The van der Waals surface area contributed by atoms with E-state index in [1.807, 2.05) is 32.1 Å². The molecule has 4 aromatic rings. The smallest absolute Gasteiger partial charge is 0.406 e. The summed E-state index contributed by atoms with van der Waals surface area (Å²) >= 11 is 0. The van der Waals surface area contributed by atoms with Crippen molar-refractivity contribution in [3.63, 3.8) is 0 Å². The number of hydrogen-bond acceptors (Lipinski definition) is 9. The molecule has 208 valence electrons. The Morgan fingerprint density at radius 2 is 1.77 bits per heavy atom. The molecule has 0 atom stereocenters. The number of ether oxygens (including phenoxy) is 2. The predicted octanol–water partition coefficient (Wildman–Crippen LogP) is 4.40. The molecule has 39 heavy (non-hydrogen) atoms. The van der Waals surface area contributed by atoms with Gasteiger partial charge in [0.2, 0.25) is 5.95 Å². The highest BCUT2D eigenvalue weighted by molar-refractivity contribution is 5.82. The first-order chi connectivity index (χ1) is 18.5. The van der Waals surface area contributed by atoms with Crippen LogP contribution in [-0.4, -0.2) is 79.0 Å². The highest BCUT2D eigenvalue weighted by Crippen LogP contribution is 2.36. The Morgan fingerprint density at radius 1 is 1.00 bits per heavy atom. The lowest BCUT2D eigenvalue weighted by molar-refractivity contribution is -0.139. The molecule has 0 saturated carbocycles. The Bertz CT molecular complexity index is 1460. The third kappa shape index (κ3) is 6.42. The fourth-order valence-electron chi connectivity index (χ4n) is 4.09. The van der Waals surface area contributed by atoms with Crippen molar-refractivity contribution in [3.05, 3.63) is 42.6 Å². The number of alkyl halides is 3. The Hall–Kier alpha value is -4.26. The number of nitrogens with zero attached hydrogens (tertiary/aromatic N) is 6. The summed E-state index contributed by atoms with van der Waals surface area (Å²) < 4.78 is 52.4. The van der Waals surface area contributed by atoms with Gasteiger partial charge < -0.3 is 34.9 Å². The van der Waals surface area contributed by atoms with Gasteiger partial charge in [0.1, 0.15) is 23.7 Å². The number of rotatable bonds is 10. The third-order valence-electron chi connectivity index (χ3n) is 6.07. The van der Waals surface area contributed by atoms with Crippen LogP contribution in [0.1, 0.15) is 0 Å². The van der Waals surface area contributed by atoms with Gasteiger partial charge in [0.25, 0.3) is 0 Å². The molecule has 0 amide bonds. The van der Waals surface area contributed by atoms with E-state index in [0.717, 1.165) is 23.3 Å². The summed E-state index contributed by atoms with van der Waals surface area (Å²) in [5.41, 5.74) is 9.03. The molecule has 4 rings (SSSR count). The number of fused-ring (bicyclic) bond motifs is 1. The molecule has 0 bridgehead atoms. The number of methoxy groups -OCH3 is 2. The lowest BCUT2D eigenvalue weighted by Gasteiger charge is -2.24. The normalized spacial score (nSPS) is 11.7. The zero-order chi connectivity index (χ0) is 28.3. The van der Waals surface area contributed by atoms with Gasteiger partial charge in [-0.15, -0.1) is 0 Å². The van der Waals surface area contributed by atoms with Crippen LogP contribution < -0.4 is 25.4 Å². The van der Waals surface area contributed by atoms with Gasteiger partial charge in [-0.05, 0) is 38.4 Å². The monoisotopic (exact) mass is 544 g/mol. The van der Waals surface area contributed by atoms with Crippen molar-refractivity contribution >= 4 is 34.0 Å². The number of halogens is 3. The van der Waals surface area contributed by atoms with E-state index in [-0.39, 0.29) is 17.5 Å². The summed E-state index contributed by atoms with van der Waals surface area (Å²) in [5, 5.41) is 3.08. The zero-order valence-corrected chi connectivity index (χ0v) is 22.4. The minimum absolute atomic E-state index is 0.0466. The molecule has 0 unspecified atom stereocenters. The van der Waals surface area contributed by atoms with Crippen LogP contribution in [0.3, 0.4) is 0 Å².